The highest BCUT2D eigenvalue weighted by atomic mass is 32.1. The number of nitrogens with zero attached hydrogens (tertiary/aromatic N) is 3. The number of aromatic nitrogens is 2. The van der Waals surface area contributed by atoms with Gasteiger partial charge in [-0.25, -0.2) is 9.37 Å². The van der Waals surface area contributed by atoms with Crippen molar-refractivity contribution in [3.63, 3.8) is 0 Å². The number of piperidine rings is 1. The first kappa shape index (κ1) is 24.1. The molecule has 0 bridgehead atoms. The summed E-state index contributed by atoms with van der Waals surface area (Å²) in [6.07, 6.45) is 7.42. The van der Waals surface area contributed by atoms with E-state index in [0.29, 0.717) is 36.3 Å². The minimum Gasteiger partial charge on any atom is -0.352 e. The minimum atomic E-state index is -0.259. The molecule has 0 unspecified atom stereocenters. The second-order valence-electron chi connectivity index (χ2n) is 9.90. The molecule has 2 aliphatic heterocycles. The van der Waals surface area contributed by atoms with Gasteiger partial charge in [-0.1, -0.05) is 17.4 Å². The van der Waals surface area contributed by atoms with Crippen molar-refractivity contribution in [1.82, 2.24) is 24.9 Å². The molecule has 2 aromatic carbocycles. The first-order chi connectivity index (χ1) is 18.1. The van der Waals surface area contributed by atoms with Crippen molar-refractivity contribution in [2.75, 3.05) is 26.2 Å². The van der Waals surface area contributed by atoms with Crippen LogP contribution in [0, 0.1) is 5.82 Å². The van der Waals surface area contributed by atoms with Crippen LogP contribution in [0.2, 0.25) is 0 Å². The molecule has 1 atom stereocenters. The predicted molar refractivity (Wildman–Crippen MR) is 143 cm³/mol. The van der Waals surface area contributed by atoms with Gasteiger partial charge in [0.25, 0.3) is 5.91 Å². The lowest BCUT2D eigenvalue weighted by Gasteiger charge is -2.26. The number of rotatable bonds is 7. The van der Waals surface area contributed by atoms with Crippen LogP contribution in [0.1, 0.15) is 60.5 Å². The number of hydrogen-bond donors (Lipinski definition) is 2. The van der Waals surface area contributed by atoms with Gasteiger partial charge in [-0.3, -0.25) is 14.0 Å². The fraction of sp³-hybridized carbons (Fsp3) is 0.393. The third kappa shape index (κ3) is 4.85. The molecule has 2 saturated heterocycles. The summed E-state index contributed by atoms with van der Waals surface area (Å²) in [4.78, 5) is 32.0. The van der Waals surface area contributed by atoms with E-state index in [2.05, 4.69) is 15.6 Å². The summed E-state index contributed by atoms with van der Waals surface area (Å²) in [6.45, 7) is 3.01. The van der Waals surface area contributed by atoms with Gasteiger partial charge < -0.3 is 15.5 Å². The van der Waals surface area contributed by atoms with Crippen LogP contribution in [-0.2, 0) is 4.79 Å². The number of imidazole rings is 1. The van der Waals surface area contributed by atoms with E-state index in [1.165, 1.54) is 11.3 Å². The van der Waals surface area contributed by atoms with E-state index in [1.54, 1.807) is 6.07 Å². The maximum atomic E-state index is 15.0. The topological polar surface area (TPSA) is 78.7 Å². The highest BCUT2D eigenvalue weighted by Crippen LogP contribution is 2.32. The number of likely N-dealkylation sites (tertiary alicyclic amines) is 1. The Bertz CT molecular complexity index is 1470. The highest BCUT2D eigenvalue weighted by molar-refractivity contribution is 7.23. The molecule has 2 aliphatic rings. The molecule has 4 heterocycles. The zero-order chi connectivity index (χ0) is 25.4. The zero-order valence-corrected chi connectivity index (χ0v) is 21.5. The van der Waals surface area contributed by atoms with E-state index in [4.69, 9.17) is 0 Å². The van der Waals surface area contributed by atoms with Crippen molar-refractivity contribution >= 4 is 38.3 Å². The van der Waals surface area contributed by atoms with Crippen LogP contribution >= 0.6 is 11.3 Å². The van der Waals surface area contributed by atoms with Crippen molar-refractivity contribution in [3.8, 4) is 11.3 Å². The quantitative estimate of drug-likeness (QED) is 0.340. The minimum absolute atomic E-state index is 0.127. The highest BCUT2D eigenvalue weighted by Gasteiger charge is 2.20. The lowest BCUT2D eigenvalue weighted by atomic mass is 10.0. The number of thiazole rings is 1. The summed E-state index contributed by atoms with van der Waals surface area (Å²) in [5, 5.41) is 6.38. The Morgan fingerprint density at radius 1 is 1.19 bits per heavy atom. The summed E-state index contributed by atoms with van der Waals surface area (Å²) in [5.41, 5.74) is 3.61. The van der Waals surface area contributed by atoms with Crippen molar-refractivity contribution in [2.45, 2.75) is 44.6 Å². The average Bonchev–Trinajstić information content (AvgIpc) is 3.64. The summed E-state index contributed by atoms with van der Waals surface area (Å²) in [7, 11) is 0. The molecule has 2 N–H and O–H groups in total. The number of nitrogens with one attached hydrogen (secondary N) is 2. The fourth-order valence-corrected chi connectivity index (χ4v) is 6.42. The van der Waals surface area contributed by atoms with Crippen molar-refractivity contribution in [2.24, 2.45) is 0 Å². The van der Waals surface area contributed by atoms with E-state index < -0.39 is 0 Å². The Hall–Kier alpha value is -3.30. The molecule has 0 saturated carbocycles. The summed E-state index contributed by atoms with van der Waals surface area (Å²) in [6, 6.07) is 11.3. The van der Waals surface area contributed by atoms with Crippen LogP contribution in [0.25, 0.3) is 26.4 Å². The Labute approximate surface area is 218 Å². The third-order valence-corrected chi connectivity index (χ3v) is 8.42. The van der Waals surface area contributed by atoms with E-state index in [9.17, 15) is 14.0 Å². The second kappa shape index (κ2) is 10.2. The molecule has 9 heteroatoms. The maximum Gasteiger partial charge on any atom is 0.251 e. The smallest absolute Gasteiger partial charge is 0.251 e. The summed E-state index contributed by atoms with van der Waals surface area (Å²) in [5.74, 6) is -0.169. The second-order valence-corrected chi connectivity index (χ2v) is 10.9. The first-order valence-corrected chi connectivity index (χ1v) is 13.9. The van der Waals surface area contributed by atoms with Crippen molar-refractivity contribution < 1.29 is 14.0 Å². The average molecular weight is 520 g/mol. The molecule has 2 amide bonds. The normalized spacial score (nSPS) is 18.2. The summed E-state index contributed by atoms with van der Waals surface area (Å²) < 4.78 is 17.9. The van der Waals surface area contributed by atoms with Gasteiger partial charge in [0, 0.05) is 49.4 Å². The predicted octanol–water partition coefficient (Wildman–Crippen LogP) is 4.91. The monoisotopic (exact) mass is 519 g/mol. The van der Waals surface area contributed by atoms with Crippen molar-refractivity contribution in [1.29, 1.82) is 0 Å². The van der Waals surface area contributed by atoms with Gasteiger partial charge in [0.1, 0.15) is 5.82 Å². The van der Waals surface area contributed by atoms with Gasteiger partial charge in [-0.2, -0.15) is 0 Å². The van der Waals surface area contributed by atoms with Gasteiger partial charge in [0.2, 0.25) is 5.91 Å². The molecule has 192 valence electrons. The third-order valence-electron chi connectivity index (χ3n) is 7.40. The molecule has 0 radical (unpaired) electrons. The van der Waals surface area contributed by atoms with E-state index in [0.717, 1.165) is 65.9 Å². The fourth-order valence-electron chi connectivity index (χ4n) is 5.37. The van der Waals surface area contributed by atoms with Gasteiger partial charge in [0.05, 0.1) is 15.9 Å². The molecule has 7 nitrogen and oxygen atoms in total. The molecule has 2 fully saturated rings. The number of hydrogen-bond acceptors (Lipinski definition) is 5. The molecular weight excluding hydrogens is 489 g/mol. The Kier molecular flexibility index (Phi) is 6.65. The molecule has 0 spiro atoms. The molecule has 0 aliphatic carbocycles. The lowest BCUT2D eigenvalue weighted by Crippen LogP contribution is -2.37. The van der Waals surface area contributed by atoms with Gasteiger partial charge >= 0.3 is 0 Å². The maximum absolute atomic E-state index is 15.0. The Morgan fingerprint density at radius 2 is 2.11 bits per heavy atom. The van der Waals surface area contributed by atoms with Crippen LogP contribution in [-0.4, -0.2) is 52.3 Å². The summed E-state index contributed by atoms with van der Waals surface area (Å²) >= 11 is 1.48. The van der Waals surface area contributed by atoms with E-state index in [-0.39, 0.29) is 23.7 Å². The molecule has 37 heavy (non-hydrogen) atoms. The molecular formula is C28H30FN5O2S. The van der Waals surface area contributed by atoms with E-state index in [1.807, 2.05) is 45.8 Å². The molecule has 6 rings (SSSR count). The van der Waals surface area contributed by atoms with E-state index >= 15 is 0 Å². The first-order valence-electron chi connectivity index (χ1n) is 13.1. The SMILES string of the molecule is O=C(NCCCN1CCCCC1=O)c1ccc2c(c1)sc1nc(-c3ccc([C@H]4CCCN4)cc3F)cn12. The largest absolute Gasteiger partial charge is 0.352 e. The Morgan fingerprint density at radius 3 is 2.92 bits per heavy atom. The molecule has 4 aromatic rings. The number of carbonyl (C=O) groups excluding carboxylic acids is 2. The number of carbonyl (C=O) groups is 2. The van der Waals surface area contributed by atoms with Crippen LogP contribution in [0.4, 0.5) is 4.39 Å². The Balaban J connectivity index is 1.13. The number of halogens is 1. The standard InChI is InChI=1S/C28H30FN5O2S/c29-21-15-18(22-5-3-11-30-22)7-9-20(21)23-17-34-24-10-8-19(16-25(24)37-28(34)32-23)27(36)31-12-4-14-33-13-2-1-6-26(33)35/h7-10,15-17,22,30H,1-6,11-14H2,(H,31,36)/t22-/m1/s1. The number of fused-ring (bicyclic) bond motifs is 3. The van der Waals surface area contributed by atoms with Gasteiger partial charge in [0.15, 0.2) is 4.96 Å². The molecule has 2 aromatic heterocycles. The van der Waals surface area contributed by atoms with Crippen LogP contribution in [0.3, 0.4) is 0 Å². The zero-order valence-electron chi connectivity index (χ0n) is 20.6. The number of benzene rings is 2. The lowest BCUT2D eigenvalue weighted by molar-refractivity contribution is -0.133. The van der Waals surface area contributed by atoms with Crippen LogP contribution in [0.15, 0.2) is 42.6 Å². The van der Waals surface area contributed by atoms with Crippen LogP contribution < -0.4 is 10.6 Å². The van der Waals surface area contributed by atoms with Crippen molar-refractivity contribution in [3.05, 3.63) is 59.5 Å². The van der Waals surface area contributed by atoms with Gasteiger partial charge in [-0.05, 0) is 74.5 Å². The van der Waals surface area contributed by atoms with Gasteiger partial charge in [-0.15, -0.1) is 0 Å². The number of amides is 2. The van der Waals surface area contributed by atoms with Crippen LogP contribution in [0.5, 0.6) is 0 Å².